The maximum Gasteiger partial charge on any atom is 0.258 e. The molecule has 1 aliphatic heterocycles. The highest BCUT2D eigenvalue weighted by molar-refractivity contribution is 7.99. The molecule has 0 aromatic carbocycles. The van der Waals surface area contributed by atoms with Crippen molar-refractivity contribution < 1.29 is 9.47 Å². The van der Waals surface area contributed by atoms with Crippen LogP contribution >= 0.6 is 11.9 Å². The maximum absolute atomic E-state index is 5.53. The molecule has 18 heavy (non-hydrogen) atoms. The van der Waals surface area contributed by atoms with Gasteiger partial charge in [-0.3, -0.25) is 0 Å². The Morgan fingerprint density at radius 3 is 2.78 bits per heavy atom. The van der Waals surface area contributed by atoms with E-state index in [-0.39, 0.29) is 4.75 Å². The van der Waals surface area contributed by atoms with E-state index >= 15 is 0 Å². The molecule has 1 aromatic heterocycles. The molecule has 0 bridgehead atoms. The molecular formula is C13H18N2O2S. The Kier molecular flexibility index (Phi) is 3.80. The lowest BCUT2D eigenvalue weighted by Crippen LogP contribution is -2.17. The Hall–Kier alpha value is -1.23. The zero-order valence-corrected chi connectivity index (χ0v) is 12.0. The van der Waals surface area contributed by atoms with Gasteiger partial charge in [0, 0.05) is 4.75 Å². The first-order chi connectivity index (χ1) is 8.46. The molecule has 0 atom stereocenters. The second-order valence-corrected chi connectivity index (χ2v) is 6.75. The SMILES string of the molecule is Cc1cc(/C=N/SC(C)(C)C)nc2c1OCCO2. The van der Waals surface area contributed by atoms with Crippen molar-refractivity contribution in [2.24, 2.45) is 4.40 Å². The van der Waals surface area contributed by atoms with Gasteiger partial charge >= 0.3 is 0 Å². The Labute approximate surface area is 112 Å². The van der Waals surface area contributed by atoms with Gasteiger partial charge in [0.05, 0.1) is 11.9 Å². The average Bonchev–Trinajstić information content (AvgIpc) is 2.27. The van der Waals surface area contributed by atoms with Crippen LogP contribution in [0.4, 0.5) is 0 Å². The molecule has 0 N–H and O–H groups in total. The van der Waals surface area contributed by atoms with Crippen molar-refractivity contribution >= 4 is 18.2 Å². The largest absolute Gasteiger partial charge is 0.484 e. The average molecular weight is 266 g/mol. The van der Waals surface area contributed by atoms with Crippen LogP contribution in [0, 0.1) is 6.92 Å². The number of nitrogens with zero attached hydrogens (tertiary/aromatic N) is 2. The lowest BCUT2D eigenvalue weighted by molar-refractivity contribution is 0.163. The zero-order chi connectivity index (χ0) is 13.2. The number of pyridine rings is 1. The molecule has 4 nitrogen and oxygen atoms in total. The molecule has 1 aromatic rings. The number of aromatic nitrogens is 1. The molecule has 5 heteroatoms. The fourth-order valence-corrected chi connectivity index (χ4v) is 1.99. The van der Waals surface area contributed by atoms with E-state index in [2.05, 4.69) is 30.2 Å². The van der Waals surface area contributed by atoms with Crippen LogP contribution in [0.25, 0.3) is 0 Å². The first kappa shape index (κ1) is 13.2. The quantitative estimate of drug-likeness (QED) is 0.609. The molecule has 0 spiro atoms. The fraction of sp³-hybridized carbons (Fsp3) is 0.538. The molecule has 98 valence electrons. The first-order valence-electron chi connectivity index (χ1n) is 5.94. The van der Waals surface area contributed by atoms with Crippen molar-refractivity contribution in [2.75, 3.05) is 13.2 Å². The van der Waals surface area contributed by atoms with Crippen molar-refractivity contribution in [3.8, 4) is 11.6 Å². The van der Waals surface area contributed by atoms with Crippen molar-refractivity contribution in [3.63, 3.8) is 0 Å². The Balaban J connectivity index is 2.17. The van der Waals surface area contributed by atoms with Crippen LogP contribution in [0.5, 0.6) is 11.6 Å². The van der Waals surface area contributed by atoms with E-state index in [1.165, 1.54) is 11.9 Å². The molecule has 0 aliphatic carbocycles. The Morgan fingerprint density at radius 1 is 1.33 bits per heavy atom. The molecule has 1 aliphatic rings. The molecule has 0 radical (unpaired) electrons. The molecule has 0 amide bonds. The summed E-state index contributed by atoms with van der Waals surface area (Å²) >= 11 is 1.53. The fourth-order valence-electron chi connectivity index (χ4n) is 1.52. The molecular weight excluding hydrogens is 248 g/mol. The monoisotopic (exact) mass is 266 g/mol. The molecule has 2 rings (SSSR count). The standard InChI is InChI=1S/C13H18N2O2S/c1-9-7-10(8-14-18-13(2,3)4)15-12-11(9)16-5-6-17-12/h7-8H,5-6H2,1-4H3/b14-8+. The number of aryl methyl sites for hydroxylation is 1. The van der Waals surface area contributed by atoms with Crippen LogP contribution in [0.3, 0.4) is 0 Å². The summed E-state index contributed by atoms with van der Waals surface area (Å²) in [7, 11) is 0. The first-order valence-corrected chi connectivity index (χ1v) is 6.72. The highest BCUT2D eigenvalue weighted by Crippen LogP contribution is 2.31. The lowest BCUT2D eigenvalue weighted by atomic mass is 10.2. The van der Waals surface area contributed by atoms with Crippen LogP contribution in [-0.2, 0) is 0 Å². The van der Waals surface area contributed by atoms with Gasteiger partial charge in [-0.15, -0.1) is 0 Å². The van der Waals surface area contributed by atoms with Gasteiger partial charge < -0.3 is 9.47 Å². The van der Waals surface area contributed by atoms with E-state index < -0.39 is 0 Å². The number of hydrogen-bond acceptors (Lipinski definition) is 5. The summed E-state index contributed by atoms with van der Waals surface area (Å²) in [6, 6.07) is 1.96. The normalized spacial score (nSPS) is 15.1. The molecule has 0 fully saturated rings. The highest BCUT2D eigenvalue weighted by atomic mass is 32.2. The van der Waals surface area contributed by atoms with Gasteiger partial charge in [0.2, 0.25) is 0 Å². The highest BCUT2D eigenvalue weighted by Gasteiger charge is 2.16. The van der Waals surface area contributed by atoms with Gasteiger partial charge in [0.15, 0.2) is 5.75 Å². The molecule has 2 heterocycles. The maximum atomic E-state index is 5.53. The third-order valence-electron chi connectivity index (χ3n) is 2.23. The Morgan fingerprint density at radius 2 is 2.06 bits per heavy atom. The van der Waals surface area contributed by atoms with Crippen LogP contribution in [-0.4, -0.2) is 29.2 Å². The van der Waals surface area contributed by atoms with E-state index in [1.54, 1.807) is 6.21 Å². The minimum Gasteiger partial charge on any atom is -0.484 e. The minimum atomic E-state index is 0.110. The number of fused-ring (bicyclic) bond motifs is 1. The van der Waals surface area contributed by atoms with Gasteiger partial charge in [-0.1, -0.05) is 0 Å². The second-order valence-electron chi connectivity index (χ2n) is 5.13. The van der Waals surface area contributed by atoms with Gasteiger partial charge in [-0.25, -0.2) is 9.38 Å². The Bertz CT molecular complexity index is 467. The van der Waals surface area contributed by atoms with Crippen molar-refractivity contribution in [2.45, 2.75) is 32.4 Å². The molecule has 0 unspecified atom stereocenters. The molecule has 0 saturated heterocycles. The van der Waals surface area contributed by atoms with Gasteiger partial charge in [-0.2, -0.15) is 0 Å². The van der Waals surface area contributed by atoms with Crippen molar-refractivity contribution in [1.29, 1.82) is 0 Å². The second kappa shape index (κ2) is 5.18. The van der Waals surface area contributed by atoms with Gasteiger partial charge in [-0.05, 0) is 51.3 Å². The third kappa shape index (κ3) is 3.38. The zero-order valence-electron chi connectivity index (χ0n) is 11.2. The summed E-state index contributed by atoms with van der Waals surface area (Å²) in [6.45, 7) is 9.50. The van der Waals surface area contributed by atoms with Crippen LogP contribution < -0.4 is 9.47 Å². The smallest absolute Gasteiger partial charge is 0.258 e. The number of rotatable bonds is 2. The third-order valence-corrected chi connectivity index (χ3v) is 2.99. The molecule has 0 saturated carbocycles. The predicted octanol–water partition coefficient (Wildman–Crippen LogP) is 3.03. The van der Waals surface area contributed by atoms with E-state index in [9.17, 15) is 0 Å². The van der Waals surface area contributed by atoms with Crippen molar-refractivity contribution in [1.82, 2.24) is 4.98 Å². The minimum absolute atomic E-state index is 0.110. The topological polar surface area (TPSA) is 43.7 Å². The summed E-state index contributed by atoms with van der Waals surface area (Å²) in [4.78, 5) is 4.38. The van der Waals surface area contributed by atoms with Crippen molar-refractivity contribution in [3.05, 3.63) is 17.3 Å². The van der Waals surface area contributed by atoms with Crippen LogP contribution in [0.2, 0.25) is 0 Å². The van der Waals surface area contributed by atoms with E-state index in [4.69, 9.17) is 9.47 Å². The summed E-state index contributed by atoms with van der Waals surface area (Å²) < 4.78 is 15.5. The lowest BCUT2D eigenvalue weighted by Gasteiger charge is -2.19. The summed E-state index contributed by atoms with van der Waals surface area (Å²) in [6.07, 6.45) is 1.77. The van der Waals surface area contributed by atoms with E-state index in [0.29, 0.717) is 19.1 Å². The summed E-state index contributed by atoms with van der Waals surface area (Å²) in [5, 5.41) is 0. The number of hydrogen-bond donors (Lipinski definition) is 0. The van der Waals surface area contributed by atoms with E-state index in [0.717, 1.165) is 17.0 Å². The number of ether oxygens (including phenoxy) is 2. The summed E-state index contributed by atoms with van der Waals surface area (Å²) in [5.41, 5.74) is 1.83. The summed E-state index contributed by atoms with van der Waals surface area (Å²) in [5.74, 6) is 1.32. The predicted molar refractivity (Wildman–Crippen MR) is 74.9 cm³/mol. The van der Waals surface area contributed by atoms with Crippen LogP contribution in [0.1, 0.15) is 32.0 Å². The van der Waals surface area contributed by atoms with E-state index in [1.807, 2.05) is 13.0 Å². The van der Waals surface area contributed by atoms with Gasteiger partial charge in [0.25, 0.3) is 5.88 Å². The van der Waals surface area contributed by atoms with Crippen LogP contribution in [0.15, 0.2) is 10.5 Å². The van der Waals surface area contributed by atoms with Gasteiger partial charge in [0.1, 0.15) is 13.2 Å².